The van der Waals surface area contributed by atoms with Crippen molar-refractivity contribution in [2.75, 3.05) is 0 Å². The number of rotatable bonds is 10. The number of halogens is 2. The average molecular weight is 683 g/mol. The molecule has 4 N–H and O–H groups in total. The summed E-state index contributed by atoms with van der Waals surface area (Å²) in [4.78, 5) is 3.92. The first-order chi connectivity index (χ1) is 23.3. The zero-order valence-electron chi connectivity index (χ0n) is 28.9. The Bertz CT molecular complexity index is 1610. The van der Waals surface area contributed by atoms with Crippen molar-refractivity contribution in [1.82, 2.24) is 29.8 Å². The van der Waals surface area contributed by atoms with Crippen molar-refractivity contribution in [3.63, 3.8) is 0 Å². The van der Waals surface area contributed by atoms with Gasteiger partial charge in [0.05, 0.1) is 30.6 Å². The maximum atomic E-state index is 14.9. The van der Waals surface area contributed by atoms with Crippen molar-refractivity contribution in [2.45, 2.75) is 122 Å². The van der Waals surface area contributed by atoms with E-state index in [-0.39, 0.29) is 59.3 Å². The van der Waals surface area contributed by atoms with Crippen LogP contribution in [0.1, 0.15) is 89.8 Å². The molecular weight excluding hydrogens is 630 g/mol. The van der Waals surface area contributed by atoms with E-state index in [9.17, 15) is 29.2 Å². The van der Waals surface area contributed by atoms with Gasteiger partial charge in [-0.3, -0.25) is 4.68 Å². The van der Waals surface area contributed by atoms with Crippen LogP contribution in [-0.2, 0) is 25.1 Å². The molecule has 4 aliphatic rings. The number of fused-ring (bicyclic) bond motifs is 5. The van der Waals surface area contributed by atoms with Gasteiger partial charge in [0.1, 0.15) is 29.9 Å². The van der Waals surface area contributed by atoms with E-state index in [4.69, 9.17) is 0 Å². The normalized spacial score (nSPS) is 37.6. The highest BCUT2D eigenvalue weighted by atomic mass is 19.1. The van der Waals surface area contributed by atoms with E-state index in [2.05, 4.69) is 41.2 Å². The fourth-order valence-electron chi connectivity index (χ4n) is 11.4. The Hall–Kier alpha value is -2.80. The van der Waals surface area contributed by atoms with E-state index >= 15 is 0 Å². The Morgan fingerprint density at radius 1 is 1.04 bits per heavy atom. The number of aryl methyl sites for hydroxylation is 1. The minimum atomic E-state index is -1.77. The van der Waals surface area contributed by atoms with Gasteiger partial charge in [0.2, 0.25) is 0 Å². The highest BCUT2D eigenvalue weighted by Crippen LogP contribution is 2.68. The first-order valence-corrected chi connectivity index (χ1v) is 18.3. The molecule has 0 spiro atoms. The third kappa shape index (κ3) is 6.14. The molecular formula is C37H52F2N6O4. The summed E-state index contributed by atoms with van der Waals surface area (Å²) in [5.74, 6) is 0.213. The molecule has 0 saturated heterocycles. The standard InChI is InChI=1S/C37H52F2N6O4/c1-22(27-8-9-29-34-30(16-33(48)36(27,29)3)35(2)11-10-26(46)13-23(35)14-32(34)47)5-4-12-44-18-25(42-43-44)17-37(49,19-45-21-40-20-41-45)28-7-6-24(38)15-31(28)39/h6-7,15,18,20-23,26-27,29-30,32-34,46-49H,4-5,8-14,16-17,19H2,1-3H3/t22-,23+,26-,27-,29?,30?,32-,33+,34?,35+,36-,37?/m1/s1. The molecule has 12 heteroatoms. The summed E-state index contributed by atoms with van der Waals surface area (Å²) in [5.41, 5.74) is -1.54. The summed E-state index contributed by atoms with van der Waals surface area (Å²) >= 11 is 0. The van der Waals surface area contributed by atoms with Crippen molar-refractivity contribution in [3.8, 4) is 0 Å². The van der Waals surface area contributed by atoms with E-state index in [1.165, 1.54) is 23.4 Å². The molecule has 1 aromatic carbocycles. The molecule has 7 rings (SSSR count). The number of hydrogen-bond donors (Lipinski definition) is 4. The number of nitrogens with zero attached hydrogens (tertiary/aromatic N) is 6. The molecule has 10 nitrogen and oxygen atoms in total. The summed E-state index contributed by atoms with van der Waals surface area (Å²) in [6.07, 6.45) is 11.3. The van der Waals surface area contributed by atoms with E-state index in [0.29, 0.717) is 30.0 Å². The van der Waals surface area contributed by atoms with Gasteiger partial charge in [0.15, 0.2) is 0 Å². The lowest BCUT2D eigenvalue weighted by Gasteiger charge is -2.63. The number of aliphatic hydroxyl groups excluding tert-OH is 3. The zero-order chi connectivity index (χ0) is 34.7. The van der Waals surface area contributed by atoms with E-state index in [1.807, 2.05) is 0 Å². The maximum Gasteiger partial charge on any atom is 0.137 e. The highest BCUT2D eigenvalue weighted by Gasteiger charge is 2.65. The van der Waals surface area contributed by atoms with Crippen LogP contribution < -0.4 is 0 Å². The Balaban J connectivity index is 0.995. The molecule has 49 heavy (non-hydrogen) atoms. The smallest absolute Gasteiger partial charge is 0.137 e. The van der Waals surface area contributed by atoms with Gasteiger partial charge < -0.3 is 20.4 Å². The Morgan fingerprint density at radius 3 is 2.61 bits per heavy atom. The second-order valence-electron chi connectivity index (χ2n) is 16.5. The van der Waals surface area contributed by atoms with Crippen LogP contribution in [0.2, 0.25) is 0 Å². The van der Waals surface area contributed by atoms with Gasteiger partial charge in [0.25, 0.3) is 0 Å². The van der Waals surface area contributed by atoms with Crippen LogP contribution in [0.25, 0.3) is 0 Å². The van der Waals surface area contributed by atoms with Crippen molar-refractivity contribution < 1.29 is 29.2 Å². The second-order valence-corrected chi connectivity index (χ2v) is 16.5. The topological polar surface area (TPSA) is 142 Å². The predicted molar refractivity (Wildman–Crippen MR) is 176 cm³/mol. The first-order valence-electron chi connectivity index (χ1n) is 18.3. The van der Waals surface area contributed by atoms with Crippen LogP contribution >= 0.6 is 0 Å². The van der Waals surface area contributed by atoms with Gasteiger partial charge in [-0.25, -0.2) is 18.4 Å². The van der Waals surface area contributed by atoms with Crippen molar-refractivity contribution in [2.24, 2.45) is 46.3 Å². The third-order valence-electron chi connectivity index (χ3n) is 13.9. The van der Waals surface area contributed by atoms with Gasteiger partial charge in [-0.2, -0.15) is 5.10 Å². The van der Waals surface area contributed by atoms with Crippen LogP contribution in [-0.4, -0.2) is 68.5 Å². The molecule has 12 atom stereocenters. The number of aliphatic hydroxyl groups is 4. The third-order valence-corrected chi connectivity index (χ3v) is 13.9. The Morgan fingerprint density at radius 2 is 1.86 bits per heavy atom. The first kappa shape index (κ1) is 34.6. The van der Waals surface area contributed by atoms with Gasteiger partial charge in [0, 0.05) is 30.8 Å². The molecule has 0 aliphatic heterocycles. The molecule has 4 aliphatic carbocycles. The molecule has 0 amide bonds. The quantitative estimate of drug-likeness (QED) is 0.242. The molecule has 2 aromatic heterocycles. The summed E-state index contributed by atoms with van der Waals surface area (Å²) in [7, 11) is 0. The number of benzene rings is 1. The lowest BCUT2D eigenvalue weighted by molar-refractivity contribution is -0.207. The van der Waals surface area contributed by atoms with Gasteiger partial charge >= 0.3 is 0 Å². The van der Waals surface area contributed by atoms with E-state index in [0.717, 1.165) is 69.9 Å². The van der Waals surface area contributed by atoms with E-state index < -0.39 is 23.3 Å². The summed E-state index contributed by atoms with van der Waals surface area (Å²) in [5, 5.41) is 58.2. The van der Waals surface area contributed by atoms with Crippen LogP contribution in [0.4, 0.5) is 8.78 Å². The summed E-state index contributed by atoms with van der Waals surface area (Å²) < 4.78 is 31.7. The van der Waals surface area contributed by atoms with Crippen LogP contribution in [0.15, 0.2) is 37.1 Å². The highest BCUT2D eigenvalue weighted by molar-refractivity contribution is 5.27. The largest absolute Gasteiger partial charge is 0.393 e. The average Bonchev–Trinajstić information content (AvgIpc) is 3.79. The van der Waals surface area contributed by atoms with Crippen LogP contribution in [0, 0.1) is 58.0 Å². The molecule has 4 fully saturated rings. The molecule has 4 unspecified atom stereocenters. The van der Waals surface area contributed by atoms with Crippen molar-refractivity contribution in [1.29, 1.82) is 0 Å². The van der Waals surface area contributed by atoms with Crippen LogP contribution in [0.5, 0.6) is 0 Å². The van der Waals surface area contributed by atoms with Gasteiger partial charge in [-0.15, -0.1) is 5.10 Å². The second kappa shape index (κ2) is 13.1. The SMILES string of the molecule is C[C@H](CCCn1cc(CC(O)(Cn2cncn2)c2ccc(F)cc2F)nn1)[C@H]1CCC2C3C(C[C@H](O)[C@@]21C)[C@@]1(C)CC[C@@H](O)C[C@H]1C[C@H]3O. The summed E-state index contributed by atoms with van der Waals surface area (Å²) in [6, 6.07) is 3.13. The fourth-order valence-corrected chi connectivity index (χ4v) is 11.4. The maximum absolute atomic E-state index is 14.9. The van der Waals surface area contributed by atoms with Crippen molar-refractivity contribution >= 4 is 0 Å². The number of aromatic nitrogens is 6. The minimum absolute atomic E-state index is 0.0556. The predicted octanol–water partition coefficient (Wildman–Crippen LogP) is 4.66. The lowest BCUT2D eigenvalue weighted by Crippen LogP contribution is -2.62. The molecule has 2 heterocycles. The Kier molecular flexibility index (Phi) is 9.24. The lowest BCUT2D eigenvalue weighted by atomic mass is 9.43. The molecule has 0 radical (unpaired) electrons. The molecule has 268 valence electrons. The van der Waals surface area contributed by atoms with Gasteiger partial charge in [-0.1, -0.05) is 32.1 Å². The molecule has 0 bridgehead atoms. The van der Waals surface area contributed by atoms with Gasteiger partial charge in [-0.05, 0) is 110 Å². The zero-order valence-corrected chi connectivity index (χ0v) is 28.9. The number of hydrogen-bond acceptors (Lipinski definition) is 8. The van der Waals surface area contributed by atoms with Crippen LogP contribution in [0.3, 0.4) is 0 Å². The monoisotopic (exact) mass is 682 g/mol. The van der Waals surface area contributed by atoms with Crippen molar-refractivity contribution in [3.05, 3.63) is 59.9 Å². The fraction of sp³-hybridized carbons (Fsp3) is 0.730. The molecule has 4 saturated carbocycles. The molecule has 3 aromatic rings. The van der Waals surface area contributed by atoms with E-state index in [1.54, 1.807) is 10.9 Å². The summed E-state index contributed by atoms with van der Waals surface area (Å²) in [6.45, 7) is 7.46. The minimum Gasteiger partial charge on any atom is -0.393 e. The Labute approximate surface area is 287 Å².